The third-order valence-corrected chi connectivity index (χ3v) is 7.91. The van der Waals surface area contributed by atoms with Crippen molar-refractivity contribution < 1.29 is 19.1 Å². The van der Waals surface area contributed by atoms with Crippen LogP contribution in [-0.2, 0) is 9.53 Å². The summed E-state index contributed by atoms with van der Waals surface area (Å²) in [5.41, 5.74) is 1.42. The number of rotatable bonds is 6. The highest BCUT2D eigenvalue weighted by molar-refractivity contribution is 5.94. The fourth-order valence-corrected chi connectivity index (χ4v) is 5.63. The van der Waals surface area contributed by atoms with Crippen molar-refractivity contribution in [1.82, 2.24) is 14.7 Å². The van der Waals surface area contributed by atoms with Crippen molar-refractivity contribution in [3.05, 3.63) is 29.8 Å². The van der Waals surface area contributed by atoms with Gasteiger partial charge in [0.2, 0.25) is 0 Å². The van der Waals surface area contributed by atoms with E-state index in [1.807, 2.05) is 42.7 Å². The Labute approximate surface area is 221 Å². The van der Waals surface area contributed by atoms with Crippen LogP contribution in [0.2, 0.25) is 0 Å². The van der Waals surface area contributed by atoms with Crippen LogP contribution in [0.4, 0.5) is 10.5 Å². The lowest BCUT2D eigenvalue weighted by Gasteiger charge is -2.38. The predicted molar refractivity (Wildman–Crippen MR) is 145 cm³/mol. The Balaban J connectivity index is 1.16. The van der Waals surface area contributed by atoms with Crippen molar-refractivity contribution in [2.75, 3.05) is 63.8 Å². The van der Waals surface area contributed by atoms with Crippen molar-refractivity contribution in [3.63, 3.8) is 0 Å². The van der Waals surface area contributed by atoms with Gasteiger partial charge in [0.25, 0.3) is 5.91 Å². The number of carbonyl (C=O) groups excluding carboxylic acids is 3. The Bertz CT molecular complexity index is 913. The van der Waals surface area contributed by atoms with Crippen molar-refractivity contribution in [2.24, 2.45) is 11.8 Å². The second kappa shape index (κ2) is 12.3. The Morgan fingerprint density at radius 2 is 1.59 bits per heavy atom. The molecule has 0 aromatic heterocycles. The summed E-state index contributed by atoms with van der Waals surface area (Å²) in [6, 6.07) is 7.97. The summed E-state index contributed by atoms with van der Waals surface area (Å²) in [6.45, 7) is 13.7. The van der Waals surface area contributed by atoms with Gasteiger partial charge in [-0.05, 0) is 89.6 Å². The predicted octanol–water partition coefficient (Wildman–Crippen LogP) is 3.90. The molecule has 2 amide bonds. The van der Waals surface area contributed by atoms with Crippen LogP contribution in [0.5, 0.6) is 0 Å². The van der Waals surface area contributed by atoms with Gasteiger partial charge in [-0.2, -0.15) is 0 Å². The standard InChI is InChI=1S/C29H44N4O4/c1-29(2,3)37-28(36)32-15-11-23(12-16-32)10-14-30-17-19-31(20-18-30)26-8-6-25(7-9-26)27(35)33-13-4-5-24(21-33)22-34/h6-9,22-24H,4-5,10-21H2,1-3H3. The highest BCUT2D eigenvalue weighted by Crippen LogP contribution is 2.24. The molecule has 8 nitrogen and oxygen atoms in total. The van der Waals surface area contributed by atoms with Gasteiger partial charge in [-0.1, -0.05) is 0 Å². The molecule has 0 aliphatic carbocycles. The van der Waals surface area contributed by atoms with Crippen LogP contribution in [0.3, 0.4) is 0 Å². The van der Waals surface area contributed by atoms with Gasteiger partial charge in [0, 0.05) is 69.5 Å². The minimum Gasteiger partial charge on any atom is -0.444 e. The summed E-state index contributed by atoms with van der Waals surface area (Å²) in [6.07, 6.45) is 5.86. The Morgan fingerprint density at radius 1 is 0.919 bits per heavy atom. The van der Waals surface area contributed by atoms with E-state index < -0.39 is 5.60 Å². The molecule has 37 heavy (non-hydrogen) atoms. The second-order valence-electron chi connectivity index (χ2n) is 11.9. The molecule has 3 aliphatic rings. The lowest BCUT2D eigenvalue weighted by atomic mass is 9.93. The maximum absolute atomic E-state index is 12.9. The van der Waals surface area contributed by atoms with Gasteiger partial charge in [0.15, 0.2) is 0 Å². The summed E-state index contributed by atoms with van der Waals surface area (Å²) in [4.78, 5) is 44.9. The molecule has 0 saturated carbocycles. The van der Waals surface area contributed by atoms with Crippen LogP contribution in [0.15, 0.2) is 24.3 Å². The van der Waals surface area contributed by atoms with Crippen LogP contribution in [0.25, 0.3) is 0 Å². The van der Waals surface area contributed by atoms with Crippen LogP contribution >= 0.6 is 0 Å². The molecule has 3 heterocycles. The Kier molecular flexibility index (Phi) is 9.11. The SMILES string of the molecule is CC(C)(C)OC(=O)N1CCC(CCN2CCN(c3ccc(C(=O)N4CCCC(C=O)C4)cc3)CC2)CC1. The zero-order valence-corrected chi connectivity index (χ0v) is 22.9. The maximum atomic E-state index is 12.9. The largest absolute Gasteiger partial charge is 0.444 e. The third-order valence-electron chi connectivity index (χ3n) is 7.91. The van der Waals surface area contributed by atoms with Gasteiger partial charge in [-0.3, -0.25) is 9.69 Å². The van der Waals surface area contributed by atoms with Crippen molar-refractivity contribution in [3.8, 4) is 0 Å². The summed E-state index contributed by atoms with van der Waals surface area (Å²) in [5.74, 6) is 0.668. The molecule has 204 valence electrons. The summed E-state index contributed by atoms with van der Waals surface area (Å²) in [5, 5.41) is 0. The number of piperidine rings is 2. The Hall–Kier alpha value is -2.61. The van der Waals surface area contributed by atoms with E-state index >= 15 is 0 Å². The van der Waals surface area contributed by atoms with Crippen molar-refractivity contribution in [1.29, 1.82) is 0 Å². The van der Waals surface area contributed by atoms with Gasteiger partial charge < -0.3 is 24.2 Å². The normalized spacial score (nSPS) is 22.1. The highest BCUT2D eigenvalue weighted by Gasteiger charge is 2.28. The third kappa shape index (κ3) is 7.69. The van der Waals surface area contributed by atoms with Crippen LogP contribution in [0, 0.1) is 11.8 Å². The molecular weight excluding hydrogens is 468 g/mol. The molecule has 0 radical (unpaired) electrons. The number of amides is 2. The molecule has 0 N–H and O–H groups in total. The average Bonchev–Trinajstić information content (AvgIpc) is 2.91. The molecule has 3 saturated heterocycles. The number of hydrogen-bond acceptors (Lipinski definition) is 6. The second-order valence-corrected chi connectivity index (χ2v) is 11.9. The number of likely N-dealkylation sites (tertiary alicyclic amines) is 2. The fourth-order valence-electron chi connectivity index (χ4n) is 5.63. The van der Waals surface area contributed by atoms with E-state index in [0.717, 1.165) is 90.0 Å². The van der Waals surface area contributed by atoms with Crippen molar-refractivity contribution in [2.45, 2.75) is 58.5 Å². The topological polar surface area (TPSA) is 73.4 Å². The van der Waals surface area contributed by atoms with E-state index in [2.05, 4.69) is 21.9 Å². The summed E-state index contributed by atoms with van der Waals surface area (Å²) in [7, 11) is 0. The van der Waals surface area contributed by atoms with Crippen molar-refractivity contribution >= 4 is 24.0 Å². The molecule has 3 aliphatic heterocycles. The van der Waals surface area contributed by atoms with Gasteiger partial charge >= 0.3 is 6.09 Å². The zero-order valence-electron chi connectivity index (χ0n) is 22.9. The number of aldehydes is 1. The molecule has 1 aromatic rings. The maximum Gasteiger partial charge on any atom is 0.410 e. The molecule has 1 unspecified atom stereocenters. The molecule has 0 spiro atoms. The lowest BCUT2D eigenvalue weighted by Crippen LogP contribution is -2.47. The summed E-state index contributed by atoms with van der Waals surface area (Å²) < 4.78 is 5.51. The smallest absolute Gasteiger partial charge is 0.410 e. The molecule has 3 fully saturated rings. The zero-order chi connectivity index (χ0) is 26.4. The molecule has 8 heteroatoms. The quantitative estimate of drug-likeness (QED) is 0.539. The van der Waals surface area contributed by atoms with Gasteiger partial charge in [0.05, 0.1) is 0 Å². The van der Waals surface area contributed by atoms with E-state index in [9.17, 15) is 14.4 Å². The molecule has 1 aromatic carbocycles. The van der Waals surface area contributed by atoms with Gasteiger partial charge in [0.1, 0.15) is 11.9 Å². The van der Waals surface area contributed by atoms with Gasteiger partial charge in [-0.25, -0.2) is 4.79 Å². The number of benzene rings is 1. The fraction of sp³-hybridized carbons (Fsp3) is 0.690. The Morgan fingerprint density at radius 3 is 2.22 bits per heavy atom. The van der Waals surface area contributed by atoms with E-state index in [1.165, 1.54) is 6.42 Å². The molecular formula is C29H44N4O4. The number of anilines is 1. The first-order chi connectivity index (χ1) is 17.7. The number of hydrogen-bond donors (Lipinski definition) is 0. The van der Waals surface area contributed by atoms with Crippen LogP contribution in [-0.4, -0.2) is 97.5 Å². The first-order valence-corrected chi connectivity index (χ1v) is 14.0. The first-order valence-electron chi connectivity index (χ1n) is 14.0. The van der Waals surface area contributed by atoms with E-state index in [0.29, 0.717) is 18.0 Å². The first kappa shape index (κ1) is 27.4. The lowest BCUT2D eigenvalue weighted by molar-refractivity contribution is -0.112. The number of ether oxygens (including phenoxy) is 1. The molecule has 0 bridgehead atoms. The van der Waals surface area contributed by atoms with E-state index in [4.69, 9.17) is 4.74 Å². The summed E-state index contributed by atoms with van der Waals surface area (Å²) >= 11 is 0. The van der Waals surface area contributed by atoms with E-state index in [1.54, 1.807) is 0 Å². The van der Waals surface area contributed by atoms with Crippen LogP contribution in [0.1, 0.15) is 63.2 Å². The van der Waals surface area contributed by atoms with Gasteiger partial charge in [-0.15, -0.1) is 0 Å². The molecule has 1 atom stereocenters. The number of piperazine rings is 1. The monoisotopic (exact) mass is 512 g/mol. The minimum absolute atomic E-state index is 0.0276. The number of nitrogens with zero attached hydrogens (tertiary/aromatic N) is 4. The van der Waals surface area contributed by atoms with E-state index in [-0.39, 0.29) is 17.9 Å². The average molecular weight is 513 g/mol. The minimum atomic E-state index is -0.440. The highest BCUT2D eigenvalue weighted by atomic mass is 16.6. The number of carbonyl (C=O) groups is 3. The van der Waals surface area contributed by atoms with Crippen LogP contribution < -0.4 is 4.90 Å². The molecule has 4 rings (SSSR count).